The summed E-state index contributed by atoms with van der Waals surface area (Å²) >= 11 is 1.88. The fourth-order valence-corrected chi connectivity index (χ4v) is 3.04. The number of halogens is 1. The molecule has 1 fully saturated rings. The van der Waals surface area contributed by atoms with Crippen LogP contribution in [0.3, 0.4) is 0 Å². The topological polar surface area (TPSA) is 36.4 Å². The monoisotopic (exact) mass is 407 g/mol. The van der Waals surface area contributed by atoms with Crippen molar-refractivity contribution in [2.45, 2.75) is 46.1 Å². The zero-order valence-corrected chi connectivity index (χ0v) is 15.8. The maximum absolute atomic E-state index is 4.66. The van der Waals surface area contributed by atoms with Gasteiger partial charge in [0, 0.05) is 35.3 Å². The average Bonchev–Trinajstić information content (AvgIpc) is 3.10. The Labute approximate surface area is 143 Å². The Bertz CT molecular complexity index is 427. The van der Waals surface area contributed by atoms with Gasteiger partial charge >= 0.3 is 0 Å². The third-order valence-corrected chi connectivity index (χ3v) is 4.26. The van der Waals surface area contributed by atoms with Crippen LogP contribution in [0.2, 0.25) is 0 Å². The molecule has 5 heteroatoms. The van der Waals surface area contributed by atoms with E-state index in [0.717, 1.165) is 31.4 Å². The van der Waals surface area contributed by atoms with Crippen LogP contribution in [-0.4, -0.2) is 25.1 Å². The summed E-state index contributed by atoms with van der Waals surface area (Å²) in [5.74, 6) is 1.81. The van der Waals surface area contributed by atoms with Crippen molar-refractivity contribution in [1.82, 2.24) is 10.6 Å². The van der Waals surface area contributed by atoms with Gasteiger partial charge in [0.25, 0.3) is 0 Å². The minimum absolute atomic E-state index is 0. The number of guanidine groups is 1. The van der Waals surface area contributed by atoms with E-state index in [9.17, 15) is 0 Å². The number of thiophene rings is 1. The molecule has 1 aliphatic rings. The summed E-state index contributed by atoms with van der Waals surface area (Å²) in [6, 6.07) is 4.83. The van der Waals surface area contributed by atoms with Gasteiger partial charge in [-0.2, -0.15) is 0 Å². The maximum Gasteiger partial charge on any atom is 0.191 e. The van der Waals surface area contributed by atoms with Gasteiger partial charge in [-0.3, -0.25) is 4.99 Å². The second-order valence-electron chi connectivity index (χ2n) is 5.42. The molecule has 0 spiro atoms. The van der Waals surface area contributed by atoms with Gasteiger partial charge in [0.2, 0.25) is 0 Å². The summed E-state index contributed by atoms with van der Waals surface area (Å²) in [4.78, 5) is 7.49. The molecular formula is C15H26IN3S. The molecule has 1 aromatic heterocycles. The Morgan fingerprint density at radius 2 is 2.20 bits per heavy atom. The first-order chi connectivity index (χ1) is 9.17. The van der Waals surface area contributed by atoms with Gasteiger partial charge in [-0.25, -0.2) is 0 Å². The molecule has 2 rings (SSSR count). The van der Waals surface area contributed by atoms with Crippen molar-refractivity contribution in [3.63, 3.8) is 0 Å². The molecule has 0 aromatic carbocycles. The van der Waals surface area contributed by atoms with E-state index in [0.29, 0.717) is 6.04 Å². The summed E-state index contributed by atoms with van der Waals surface area (Å²) in [6.07, 6.45) is 3.77. The van der Waals surface area contributed by atoms with Crippen molar-refractivity contribution < 1.29 is 0 Å². The highest BCUT2D eigenvalue weighted by molar-refractivity contribution is 14.0. The first-order valence-electron chi connectivity index (χ1n) is 7.27. The molecule has 3 nitrogen and oxygen atoms in total. The van der Waals surface area contributed by atoms with E-state index in [1.165, 1.54) is 22.6 Å². The molecule has 1 unspecified atom stereocenters. The largest absolute Gasteiger partial charge is 0.357 e. The van der Waals surface area contributed by atoms with Crippen molar-refractivity contribution in [3.8, 4) is 0 Å². The van der Waals surface area contributed by atoms with Crippen LogP contribution in [0, 0.1) is 12.8 Å². The number of hydrogen-bond donors (Lipinski definition) is 2. The second kappa shape index (κ2) is 8.87. The first kappa shape index (κ1) is 17.8. The molecule has 1 atom stereocenters. The molecule has 1 aromatic rings. The quantitative estimate of drug-likeness (QED) is 0.430. The average molecular weight is 407 g/mol. The summed E-state index contributed by atoms with van der Waals surface area (Å²) in [7, 11) is 0. The highest BCUT2D eigenvalue weighted by atomic mass is 127. The van der Waals surface area contributed by atoms with Crippen LogP contribution in [0.25, 0.3) is 0 Å². The minimum Gasteiger partial charge on any atom is -0.357 e. The zero-order chi connectivity index (χ0) is 13.7. The van der Waals surface area contributed by atoms with Gasteiger partial charge in [0.05, 0.1) is 0 Å². The van der Waals surface area contributed by atoms with Gasteiger partial charge in [0.1, 0.15) is 0 Å². The van der Waals surface area contributed by atoms with Gasteiger partial charge in [-0.05, 0) is 51.7 Å². The predicted octanol–water partition coefficient (Wildman–Crippen LogP) is 3.57. The van der Waals surface area contributed by atoms with Crippen molar-refractivity contribution in [3.05, 3.63) is 21.9 Å². The van der Waals surface area contributed by atoms with Crippen LogP contribution in [0.1, 0.15) is 36.4 Å². The van der Waals surface area contributed by atoms with E-state index < -0.39 is 0 Å². The van der Waals surface area contributed by atoms with E-state index in [-0.39, 0.29) is 24.0 Å². The molecule has 1 aliphatic carbocycles. The summed E-state index contributed by atoms with van der Waals surface area (Å²) in [5, 5.41) is 6.83. The smallest absolute Gasteiger partial charge is 0.191 e. The van der Waals surface area contributed by atoms with Crippen LogP contribution >= 0.6 is 35.3 Å². The van der Waals surface area contributed by atoms with E-state index in [1.54, 1.807) is 0 Å². The van der Waals surface area contributed by atoms with E-state index in [2.05, 4.69) is 48.5 Å². The summed E-state index contributed by atoms with van der Waals surface area (Å²) < 4.78 is 0. The van der Waals surface area contributed by atoms with Crippen LogP contribution in [-0.2, 0) is 6.42 Å². The van der Waals surface area contributed by atoms with E-state index >= 15 is 0 Å². The lowest BCUT2D eigenvalue weighted by Gasteiger charge is -2.17. The second-order valence-corrected chi connectivity index (χ2v) is 6.80. The fourth-order valence-electron chi connectivity index (χ4n) is 2.02. The molecule has 114 valence electrons. The molecule has 0 aliphatic heterocycles. The van der Waals surface area contributed by atoms with Gasteiger partial charge in [-0.1, -0.05) is 0 Å². The Hall–Kier alpha value is -0.300. The maximum atomic E-state index is 4.66. The van der Waals surface area contributed by atoms with Crippen molar-refractivity contribution in [1.29, 1.82) is 0 Å². The fraction of sp³-hybridized carbons (Fsp3) is 0.667. The Morgan fingerprint density at radius 3 is 2.75 bits per heavy atom. The lowest BCUT2D eigenvalue weighted by molar-refractivity contribution is 0.643. The van der Waals surface area contributed by atoms with Crippen molar-refractivity contribution in [2.75, 3.05) is 13.1 Å². The summed E-state index contributed by atoms with van der Waals surface area (Å²) in [5.41, 5.74) is 0. The number of rotatable bonds is 6. The van der Waals surface area contributed by atoms with Gasteiger partial charge in [-0.15, -0.1) is 35.3 Å². The number of hydrogen-bond acceptors (Lipinski definition) is 2. The molecule has 0 bridgehead atoms. The molecule has 0 radical (unpaired) electrons. The number of aliphatic imine (C=N–C) groups is 1. The molecule has 1 saturated carbocycles. The Kier molecular flexibility index (Phi) is 7.87. The van der Waals surface area contributed by atoms with Crippen LogP contribution in [0.5, 0.6) is 0 Å². The molecule has 0 amide bonds. The lowest BCUT2D eigenvalue weighted by atomic mass is 10.2. The van der Waals surface area contributed by atoms with Gasteiger partial charge < -0.3 is 10.6 Å². The van der Waals surface area contributed by atoms with Crippen molar-refractivity contribution >= 4 is 41.3 Å². The van der Waals surface area contributed by atoms with Crippen molar-refractivity contribution in [2.24, 2.45) is 10.9 Å². The highest BCUT2D eigenvalue weighted by Crippen LogP contribution is 2.28. The third kappa shape index (κ3) is 6.43. The predicted molar refractivity (Wildman–Crippen MR) is 99.5 cm³/mol. The molecule has 20 heavy (non-hydrogen) atoms. The minimum atomic E-state index is 0. The zero-order valence-electron chi connectivity index (χ0n) is 12.6. The molecule has 1 heterocycles. The van der Waals surface area contributed by atoms with E-state index in [1.807, 2.05) is 11.3 Å². The third-order valence-electron chi connectivity index (χ3n) is 3.24. The molecule has 2 N–H and O–H groups in total. The first-order valence-corrected chi connectivity index (χ1v) is 8.09. The lowest BCUT2D eigenvalue weighted by Crippen LogP contribution is -2.43. The van der Waals surface area contributed by atoms with Gasteiger partial charge in [0.15, 0.2) is 5.96 Å². The molecular weight excluding hydrogens is 381 g/mol. The summed E-state index contributed by atoms with van der Waals surface area (Å²) in [6.45, 7) is 8.38. The van der Waals surface area contributed by atoms with Crippen LogP contribution in [0.4, 0.5) is 0 Å². The van der Waals surface area contributed by atoms with Crippen LogP contribution < -0.4 is 10.6 Å². The van der Waals surface area contributed by atoms with Crippen LogP contribution in [0.15, 0.2) is 17.1 Å². The number of aryl methyl sites for hydroxylation is 1. The standard InChI is InChI=1S/C15H25N3S.HI/c1-4-16-15(17-10-13-6-7-13)18-11(2)9-14-8-5-12(3)19-14;/h5,8,11,13H,4,6-7,9-10H2,1-3H3,(H2,16,17,18);1H. The SMILES string of the molecule is CCNC(=NCC1CC1)NC(C)Cc1ccc(C)s1.I. The Morgan fingerprint density at radius 1 is 1.45 bits per heavy atom. The number of nitrogens with one attached hydrogen (secondary N) is 2. The normalized spacial score (nSPS) is 16.4. The number of nitrogens with zero attached hydrogens (tertiary/aromatic N) is 1. The van der Waals surface area contributed by atoms with E-state index in [4.69, 9.17) is 0 Å². The molecule has 0 saturated heterocycles. The Balaban J connectivity index is 0.00000200. The highest BCUT2D eigenvalue weighted by Gasteiger charge is 2.20.